The summed E-state index contributed by atoms with van der Waals surface area (Å²) in [7, 11) is 1.38. The minimum absolute atomic E-state index is 0.148. The van der Waals surface area contributed by atoms with Crippen molar-refractivity contribution >= 4 is 23.7 Å². The Balaban J connectivity index is 1.82. The zero-order valence-corrected chi connectivity index (χ0v) is 16.5. The molecule has 2 saturated heterocycles. The van der Waals surface area contributed by atoms with Crippen molar-refractivity contribution in [3.8, 4) is 0 Å². The Bertz CT molecular complexity index is 698. The number of piperidine rings is 1. The number of carbonyl (C=O) groups is 2. The van der Waals surface area contributed by atoms with Crippen LogP contribution in [0.15, 0.2) is 18.2 Å². The third-order valence-corrected chi connectivity index (χ3v) is 5.43. The van der Waals surface area contributed by atoms with E-state index in [1.165, 1.54) is 7.11 Å². The molecule has 6 heteroatoms. The Morgan fingerprint density at radius 3 is 2.31 bits per heavy atom. The Labute approximate surface area is 159 Å². The Hall–Kier alpha value is -1.75. The Morgan fingerprint density at radius 2 is 1.77 bits per heavy atom. The van der Waals surface area contributed by atoms with Gasteiger partial charge in [0.1, 0.15) is 5.60 Å². The van der Waals surface area contributed by atoms with Gasteiger partial charge in [-0.05, 0) is 70.1 Å². The summed E-state index contributed by atoms with van der Waals surface area (Å²) in [5.41, 5.74) is 0.985. The van der Waals surface area contributed by atoms with Crippen molar-refractivity contribution in [1.29, 1.82) is 0 Å². The van der Waals surface area contributed by atoms with Gasteiger partial charge in [-0.15, -0.1) is 0 Å². The quantitative estimate of drug-likeness (QED) is 0.694. The lowest BCUT2D eigenvalue weighted by molar-refractivity contribution is 0.00571. The molecule has 3 rings (SSSR count). The first-order valence-electron chi connectivity index (χ1n) is 9.08. The zero-order valence-electron chi connectivity index (χ0n) is 15.8. The van der Waals surface area contributed by atoms with Gasteiger partial charge < -0.3 is 14.4 Å². The second kappa shape index (κ2) is 7.10. The van der Waals surface area contributed by atoms with E-state index in [-0.39, 0.29) is 30.1 Å². The van der Waals surface area contributed by atoms with Crippen LogP contribution in [0.5, 0.6) is 0 Å². The molecule has 2 atom stereocenters. The van der Waals surface area contributed by atoms with Crippen LogP contribution in [-0.4, -0.2) is 41.8 Å². The average molecular weight is 380 g/mol. The van der Waals surface area contributed by atoms with E-state index in [0.717, 1.165) is 31.2 Å². The predicted molar refractivity (Wildman–Crippen MR) is 99.6 cm³/mol. The summed E-state index contributed by atoms with van der Waals surface area (Å²) in [5.74, 6) is -0.165. The highest BCUT2D eigenvalue weighted by Crippen LogP contribution is 2.44. The minimum Gasteiger partial charge on any atom is -0.465 e. The van der Waals surface area contributed by atoms with E-state index in [2.05, 4.69) is 0 Å². The first-order valence-corrected chi connectivity index (χ1v) is 9.46. The smallest absolute Gasteiger partial charge is 0.410 e. The molecule has 5 nitrogen and oxygen atoms in total. The molecule has 0 spiro atoms. The van der Waals surface area contributed by atoms with Gasteiger partial charge in [-0.3, -0.25) is 0 Å². The number of benzene rings is 1. The second-order valence-corrected chi connectivity index (χ2v) is 8.60. The van der Waals surface area contributed by atoms with E-state index >= 15 is 0 Å². The summed E-state index contributed by atoms with van der Waals surface area (Å²) in [6.45, 7) is 5.65. The number of hydrogen-bond donors (Lipinski definition) is 0. The van der Waals surface area contributed by atoms with Crippen LogP contribution in [0.3, 0.4) is 0 Å². The minimum atomic E-state index is -0.498. The molecule has 142 valence electrons. The van der Waals surface area contributed by atoms with Crippen molar-refractivity contribution in [1.82, 2.24) is 4.90 Å². The lowest BCUT2D eigenvalue weighted by Crippen LogP contribution is -2.48. The monoisotopic (exact) mass is 379 g/mol. The predicted octanol–water partition coefficient (Wildman–Crippen LogP) is 4.77. The van der Waals surface area contributed by atoms with E-state index in [1.807, 2.05) is 37.8 Å². The lowest BCUT2D eigenvalue weighted by Gasteiger charge is -2.40. The summed E-state index contributed by atoms with van der Waals surface area (Å²) in [5, 5.41) is 0.517. The average Bonchev–Trinajstić information content (AvgIpc) is 2.83. The van der Waals surface area contributed by atoms with Gasteiger partial charge in [-0.25, -0.2) is 9.59 Å². The molecule has 0 aromatic heterocycles. The maximum absolute atomic E-state index is 12.6. The fraction of sp³-hybridized carbons (Fsp3) is 0.600. The number of carbonyl (C=O) groups excluding carboxylic acids is 2. The van der Waals surface area contributed by atoms with Gasteiger partial charge in [0, 0.05) is 17.1 Å². The molecule has 1 aromatic rings. The van der Waals surface area contributed by atoms with E-state index < -0.39 is 5.60 Å². The van der Waals surface area contributed by atoms with E-state index in [0.29, 0.717) is 10.6 Å². The van der Waals surface area contributed by atoms with E-state index in [1.54, 1.807) is 6.07 Å². The lowest BCUT2D eigenvalue weighted by atomic mass is 9.83. The van der Waals surface area contributed by atoms with Crippen LogP contribution < -0.4 is 0 Å². The molecule has 2 aliphatic rings. The van der Waals surface area contributed by atoms with Crippen molar-refractivity contribution in [2.75, 3.05) is 7.11 Å². The van der Waals surface area contributed by atoms with Gasteiger partial charge in [-0.2, -0.15) is 0 Å². The number of ether oxygens (including phenoxy) is 2. The maximum atomic E-state index is 12.6. The molecule has 1 amide bonds. The highest BCUT2D eigenvalue weighted by molar-refractivity contribution is 6.31. The van der Waals surface area contributed by atoms with E-state index in [9.17, 15) is 9.59 Å². The Morgan fingerprint density at radius 1 is 1.15 bits per heavy atom. The number of amides is 1. The third-order valence-electron chi connectivity index (χ3n) is 5.20. The van der Waals surface area contributed by atoms with Crippen LogP contribution in [-0.2, 0) is 9.47 Å². The summed E-state index contributed by atoms with van der Waals surface area (Å²) in [6, 6.07) is 5.70. The molecule has 0 aliphatic carbocycles. The van der Waals surface area contributed by atoms with Crippen molar-refractivity contribution in [3.05, 3.63) is 34.3 Å². The van der Waals surface area contributed by atoms with Crippen LogP contribution in [0.4, 0.5) is 4.79 Å². The molecular weight excluding hydrogens is 354 g/mol. The van der Waals surface area contributed by atoms with Gasteiger partial charge in [0.05, 0.1) is 12.7 Å². The van der Waals surface area contributed by atoms with Crippen LogP contribution in [0.1, 0.15) is 68.3 Å². The molecular formula is C20H26ClNO4. The number of rotatable bonds is 2. The first kappa shape index (κ1) is 19.0. The fourth-order valence-electron chi connectivity index (χ4n) is 4.21. The zero-order chi connectivity index (χ0) is 19.1. The Kier molecular flexibility index (Phi) is 5.20. The van der Waals surface area contributed by atoms with Crippen molar-refractivity contribution in [2.45, 2.75) is 70.1 Å². The summed E-state index contributed by atoms with van der Waals surface area (Å²) < 4.78 is 10.5. The van der Waals surface area contributed by atoms with Gasteiger partial charge >= 0.3 is 12.1 Å². The van der Waals surface area contributed by atoms with Crippen molar-refractivity contribution < 1.29 is 19.1 Å². The number of fused-ring (bicyclic) bond motifs is 2. The molecule has 0 radical (unpaired) electrons. The summed E-state index contributed by atoms with van der Waals surface area (Å²) >= 11 is 6.08. The molecule has 2 fully saturated rings. The molecule has 2 heterocycles. The largest absolute Gasteiger partial charge is 0.465 e. The summed E-state index contributed by atoms with van der Waals surface area (Å²) in [6.07, 6.45) is 3.36. The topological polar surface area (TPSA) is 55.8 Å². The molecule has 0 saturated carbocycles. The van der Waals surface area contributed by atoms with Crippen LogP contribution in [0.25, 0.3) is 0 Å². The number of nitrogens with zero attached hydrogens (tertiary/aromatic N) is 1. The highest BCUT2D eigenvalue weighted by Gasteiger charge is 2.45. The van der Waals surface area contributed by atoms with Gasteiger partial charge in [0.15, 0.2) is 0 Å². The second-order valence-electron chi connectivity index (χ2n) is 8.16. The van der Waals surface area contributed by atoms with Crippen LogP contribution >= 0.6 is 11.6 Å². The first-order chi connectivity index (χ1) is 12.2. The number of halogens is 1. The molecule has 2 bridgehead atoms. The van der Waals surface area contributed by atoms with Gasteiger partial charge in [0.25, 0.3) is 0 Å². The molecule has 2 aliphatic heterocycles. The number of esters is 1. The van der Waals surface area contributed by atoms with E-state index in [4.69, 9.17) is 21.1 Å². The highest BCUT2D eigenvalue weighted by atomic mass is 35.5. The number of methoxy groups -OCH3 is 1. The molecule has 2 unspecified atom stereocenters. The number of hydrogen-bond acceptors (Lipinski definition) is 4. The van der Waals surface area contributed by atoms with Gasteiger partial charge in [-0.1, -0.05) is 17.7 Å². The standard InChI is InChI=1S/C20H26ClNO4/c1-20(2,3)26-19(24)22-14-6-7-15(22)10-12(9-14)16-8-5-13(21)11-17(16)18(23)25-4/h5,8,11-12,14-15H,6-7,9-10H2,1-4H3. The SMILES string of the molecule is COC(=O)c1cc(Cl)ccc1C1CC2CCC(C1)N2C(=O)OC(C)(C)C. The van der Waals surface area contributed by atoms with Crippen molar-refractivity contribution in [2.24, 2.45) is 0 Å². The van der Waals surface area contributed by atoms with Crippen molar-refractivity contribution in [3.63, 3.8) is 0 Å². The summed E-state index contributed by atoms with van der Waals surface area (Å²) in [4.78, 5) is 26.7. The van der Waals surface area contributed by atoms with Gasteiger partial charge in [0.2, 0.25) is 0 Å². The molecule has 1 aromatic carbocycles. The van der Waals surface area contributed by atoms with Crippen LogP contribution in [0.2, 0.25) is 5.02 Å². The normalized spacial score (nSPS) is 25.1. The maximum Gasteiger partial charge on any atom is 0.410 e. The molecule has 0 N–H and O–H groups in total. The fourth-order valence-corrected chi connectivity index (χ4v) is 4.39. The van der Waals surface area contributed by atoms with Crippen LogP contribution in [0, 0.1) is 0 Å². The third kappa shape index (κ3) is 3.83. The molecule has 26 heavy (non-hydrogen) atoms.